The highest BCUT2D eigenvalue weighted by Gasteiger charge is 2.27. The summed E-state index contributed by atoms with van der Waals surface area (Å²) >= 11 is 0. The third-order valence-electron chi connectivity index (χ3n) is 3.02. The topological polar surface area (TPSA) is 49.8 Å². The molecule has 0 aromatic heterocycles. The van der Waals surface area contributed by atoms with Crippen molar-refractivity contribution >= 4 is 5.97 Å². The fourth-order valence-electron chi connectivity index (χ4n) is 2.23. The van der Waals surface area contributed by atoms with E-state index in [9.17, 15) is 4.79 Å². The van der Waals surface area contributed by atoms with Gasteiger partial charge in [0.25, 0.3) is 0 Å². The van der Waals surface area contributed by atoms with Crippen LogP contribution in [-0.2, 0) is 16.1 Å². The van der Waals surface area contributed by atoms with Crippen LogP contribution in [0.2, 0.25) is 0 Å². The molecule has 1 aromatic rings. The Hall–Kier alpha value is -1.83. The number of carbonyl (C=O) groups is 1. The monoisotopic (exact) mass is 245 g/mol. The molecule has 2 rings (SSSR count). The van der Waals surface area contributed by atoms with Crippen LogP contribution in [0.3, 0.4) is 0 Å². The molecule has 1 unspecified atom stereocenters. The molecule has 1 heterocycles. The number of ether oxygens (including phenoxy) is 1. The zero-order valence-electron chi connectivity index (χ0n) is 10.0. The Labute approximate surface area is 106 Å². The average molecular weight is 245 g/mol. The standard InChI is InChI=1S/C14H15NO3/c1-2-7-15(8-14(16)17)13-10-18-9-11-5-3-4-6-12(11)13/h1,3-6,13H,7-10H2,(H,16,17). The molecule has 4 heteroatoms. The lowest BCUT2D eigenvalue weighted by atomic mass is 9.98. The number of carboxylic acids is 1. The van der Waals surface area contributed by atoms with Crippen molar-refractivity contribution in [2.75, 3.05) is 19.7 Å². The van der Waals surface area contributed by atoms with Crippen molar-refractivity contribution in [1.82, 2.24) is 4.90 Å². The van der Waals surface area contributed by atoms with Gasteiger partial charge in [0.2, 0.25) is 0 Å². The number of fused-ring (bicyclic) bond motifs is 1. The summed E-state index contributed by atoms with van der Waals surface area (Å²) in [6.45, 7) is 1.27. The Morgan fingerprint density at radius 2 is 2.33 bits per heavy atom. The van der Waals surface area contributed by atoms with Crippen LogP contribution < -0.4 is 0 Å². The first-order valence-corrected chi connectivity index (χ1v) is 5.77. The molecule has 0 bridgehead atoms. The lowest BCUT2D eigenvalue weighted by Gasteiger charge is -2.33. The molecule has 0 aliphatic carbocycles. The number of carboxylic acid groups (broad SMARTS) is 1. The predicted octanol–water partition coefficient (Wildman–Crippen LogP) is 1.28. The molecule has 0 fully saturated rings. The number of hydrogen-bond acceptors (Lipinski definition) is 3. The number of aliphatic carboxylic acids is 1. The smallest absolute Gasteiger partial charge is 0.317 e. The maximum absolute atomic E-state index is 10.9. The zero-order valence-corrected chi connectivity index (χ0v) is 10.0. The Morgan fingerprint density at radius 3 is 3.06 bits per heavy atom. The molecule has 1 aromatic carbocycles. The molecule has 0 saturated heterocycles. The summed E-state index contributed by atoms with van der Waals surface area (Å²) in [5, 5.41) is 8.94. The summed E-state index contributed by atoms with van der Waals surface area (Å²) in [6, 6.07) is 7.82. The zero-order chi connectivity index (χ0) is 13.0. The van der Waals surface area contributed by atoms with E-state index in [-0.39, 0.29) is 12.6 Å². The normalized spacial score (nSPS) is 18.1. The van der Waals surface area contributed by atoms with E-state index in [1.54, 1.807) is 4.90 Å². The van der Waals surface area contributed by atoms with Crippen molar-refractivity contribution in [1.29, 1.82) is 0 Å². The van der Waals surface area contributed by atoms with Gasteiger partial charge in [0.15, 0.2) is 0 Å². The van der Waals surface area contributed by atoms with Crippen molar-refractivity contribution in [3.63, 3.8) is 0 Å². The molecule has 1 aliphatic rings. The Bertz CT molecular complexity index is 478. The van der Waals surface area contributed by atoms with Gasteiger partial charge in [0, 0.05) is 0 Å². The largest absolute Gasteiger partial charge is 0.480 e. The Morgan fingerprint density at radius 1 is 1.56 bits per heavy atom. The van der Waals surface area contributed by atoms with Gasteiger partial charge in [-0.15, -0.1) is 6.42 Å². The summed E-state index contributed by atoms with van der Waals surface area (Å²) in [5.41, 5.74) is 2.21. The van der Waals surface area contributed by atoms with E-state index >= 15 is 0 Å². The van der Waals surface area contributed by atoms with Crippen molar-refractivity contribution < 1.29 is 14.6 Å². The summed E-state index contributed by atoms with van der Waals surface area (Å²) in [7, 11) is 0. The van der Waals surface area contributed by atoms with E-state index in [1.807, 2.05) is 24.3 Å². The predicted molar refractivity (Wildman–Crippen MR) is 66.9 cm³/mol. The van der Waals surface area contributed by atoms with Gasteiger partial charge in [-0.05, 0) is 11.1 Å². The molecule has 0 amide bonds. The molecule has 4 nitrogen and oxygen atoms in total. The van der Waals surface area contributed by atoms with Crippen LogP contribution in [0.5, 0.6) is 0 Å². The molecule has 0 spiro atoms. The summed E-state index contributed by atoms with van der Waals surface area (Å²) in [4.78, 5) is 12.6. The molecule has 18 heavy (non-hydrogen) atoms. The number of hydrogen-bond donors (Lipinski definition) is 1. The highest BCUT2D eigenvalue weighted by molar-refractivity contribution is 5.69. The summed E-state index contributed by atoms with van der Waals surface area (Å²) in [6.07, 6.45) is 5.31. The van der Waals surface area contributed by atoms with Crippen LogP contribution in [-0.4, -0.2) is 35.7 Å². The van der Waals surface area contributed by atoms with Gasteiger partial charge in [-0.2, -0.15) is 0 Å². The molecule has 94 valence electrons. The minimum atomic E-state index is -0.881. The second-order valence-electron chi connectivity index (χ2n) is 4.23. The number of nitrogens with zero attached hydrogens (tertiary/aromatic N) is 1. The van der Waals surface area contributed by atoms with Gasteiger partial charge in [0.05, 0.1) is 32.3 Å². The first-order chi connectivity index (χ1) is 8.72. The van der Waals surface area contributed by atoms with Crippen LogP contribution in [0, 0.1) is 12.3 Å². The second kappa shape index (κ2) is 5.67. The quantitative estimate of drug-likeness (QED) is 0.812. The van der Waals surface area contributed by atoms with E-state index in [4.69, 9.17) is 16.3 Å². The molecular formula is C14H15NO3. The third-order valence-corrected chi connectivity index (χ3v) is 3.02. The lowest BCUT2D eigenvalue weighted by Crippen LogP contribution is -2.38. The third kappa shape index (κ3) is 2.70. The molecular weight excluding hydrogens is 230 g/mol. The van der Waals surface area contributed by atoms with Crippen molar-refractivity contribution in [2.45, 2.75) is 12.6 Å². The molecule has 1 aliphatic heterocycles. The van der Waals surface area contributed by atoms with Crippen LogP contribution in [0.1, 0.15) is 17.2 Å². The lowest BCUT2D eigenvalue weighted by molar-refractivity contribution is -0.139. The second-order valence-corrected chi connectivity index (χ2v) is 4.23. The molecule has 1 atom stereocenters. The van der Waals surface area contributed by atoms with Crippen molar-refractivity contribution in [2.24, 2.45) is 0 Å². The average Bonchev–Trinajstić information content (AvgIpc) is 2.37. The van der Waals surface area contributed by atoms with E-state index in [0.717, 1.165) is 11.1 Å². The Balaban J connectivity index is 2.26. The van der Waals surface area contributed by atoms with E-state index in [0.29, 0.717) is 19.8 Å². The highest BCUT2D eigenvalue weighted by atomic mass is 16.5. The number of terminal acetylenes is 1. The maximum atomic E-state index is 10.9. The SMILES string of the molecule is C#CCN(CC(=O)O)C1COCc2ccccc21. The van der Waals surface area contributed by atoms with Crippen LogP contribution in [0.4, 0.5) is 0 Å². The van der Waals surface area contributed by atoms with Crippen LogP contribution >= 0.6 is 0 Å². The fraction of sp³-hybridized carbons (Fsp3) is 0.357. The first-order valence-electron chi connectivity index (χ1n) is 5.77. The van der Waals surface area contributed by atoms with E-state index in [2.05, 4.69) is 5.92 Å². The number of rotatable bonds is 4. The van der Waals surface area contributed by atoms with Gasteiger partial charge in [0.1, 0.15) is 0 Å². The maximum Gasteiger partial charge on any atom is 0.317 e. The minimum Gasteiger partial charge on any atom is -0.480 e. The summed E-state index contributed by atoms with van der Waals surface area (Å²) < 4.78 is 5.51. The van der Waals surface area contributed by atoms with Crippen LogP contribution in [0.25, 0.3) is 0 Å². The first kappa shape index (κ1) is 12.6. The van der Waals surface area contributed by atoms with E-state index in [1.165, 1.54) is 0 Å². The highest BCUT2D eigenvalue weighted by Crippen LogP contribution is 2.29. The van der Waals surface area contributed by atoms with Gasteiger partial charge in [-0.25, -0.2) is 0 Å². The van der Waals surface area contributed by atoms with Gasteiger partial charge < -0.3 is 9.84 Å². The van der Waals surface area contributed by atoms with Crippen molar-refractivity contribution in [3.05, 3.63) is 35.4 Å². The molecule has 0 saturated carbocycles. The number of benzene rings is 1. The summed E-state index contributed by atoms with van der Waals surface area (Å²) in [5.74, 6) is 1.63. The van der Waals surface area contributed by atoms with Gasteiger partial charge in [-0.3, -0.25) is 9.69 Å². The Kier molecular flexibility index (Phi) is 3.98. The van der Waals surface area contributed by atoms with Crippen molar-refractivity contribution in [3.8, 4) is 12.3 Å². The minimum absolute atomic E-state index is 0.0768. The molecule has 0 radical (unpaired) electrons. The molecule has 1 N–H and O–H groups in total. The fourth-order valence-corrected chi connectivity index (χ4v) is 2.23. The van der Waals surface area contributed by atoms with Gasteiger partial charge in [-0.1, -0.05) is 30.2 Å². The van der Waals surface area contributed by atoms with E-state index < -0.39 is 5.97 Å². The van der Waals surface area contributed by atoms with Gasteiger partial charge >= 0.3 is 5.97 Å². The van der Waals surface area contributed by atoms with Crippen LogP contribution in [0.15, 0.2) is 24.3 Å².